The third-order valence-electron chi connectivity index (χ3n) is 3.70. The number of aryl methyl sites for hydroxylation is 1. The Balaban J connectivity index is 1.70. The Kier molecular flexibility index (Phi) is 5.75. The Morgan fingerprint density at radius 3 is 2.80 bits per heavy atom. The molecule has 0 N–H and O–H groups in total. The van der Waals surface area contributed by atoms with Crippen molar-refractivity contribution >= 4 is 23.2 Å². The van der Waals surface area contributed by atoms with Crippen molar-refractivity contribution in [3.8, 4) is 5.75 Å². The number of hydrogen-bond acceptors (Lipinski definition) is 4. The highest BCUT2D eigenvalue weighted by Gasteiger charge is 2.06. The lowest BCUT2D eigenvalue weighted by molar-refractivity contribution is 0.105. The molecule has 0 atom stereocenters. The molecule has 2 aromatic heterocycles. The summed E-state index contributed by atoms with van der Waals surface area (Å²) in [4.78, 5) is 18.4. The predicted octanol–water partition coefficient (Wildman–Crippen LogP) is 5.18. The van der Waals surface area contributed by atoms with Gasteiger partial charge in [-0.15, -0.1) is 11.3 Å². The largest absolute Gasteiger partial charge is 0.488 e. The molecule has 0 radical (unpaired) electrons. The number of ether oxygens (including phenoxy) is 1. The molecule has 0 aliphatic carbocycles. The lowest BCUT2D eigenvalue weighted by Crippen LogP contribution is -1.97. The summed E-state index contributed by atoms with van der Waals surface area (Å²) in [6.07, 6.45) is 7.89. The van der Waals surface area contributed by atoms with Gasteiger partial charge in [-0.05, 0) is 42.8 Å². The van der Waals surface area contributed by atoms with Crippen LogP contribution in [0.25, 0.3) is 6.08 Å². The molecule has 0 saturated heterocycles. The van der Waals surface area contributed by atoms with Gasteiger partial charge < -0.3 is 4.74 Å². The average Bonchev–Trinajstić information content (AvgIpc) is 3.15. The molecule has 0 unspecified atom stereocenters. The summed E-state index contributed by atoms with van der Waals surface area (Å²) in [6, 6.07) is 15.4. The van der Waals surface area contributed by atoms with E-state index in [-0.39, 0.29) is 5.78 Å². The Hall–Kier alpha value is -2.72. The number of hydrogen-bond donors (Lipinski definition) is 0. The number of thiophene rings is 1. The molecule has 1 aromatic carbocycles. The maximum absolute atomic E-state index is 12.3. The van der Waals surface area contributed by atoms with Crippen LogP contribution in [0.1, 0.15) is 32.6 Å². The number of rotatable bonds is 7. The van der Waals surface area contributed by atoms with Crippen LogP contribution in [0.5, 0.6) is 5.75 Å². The first kappa shape index (κ1) is 17.1. The molecule has 126 valence electrons. The summed E-state index contributed by atoms with van der Waals surface area (Å²) in [5, 5.41) is 0. The molecule has 0 amide bonds. The first-order valence-corrected chi connectivity index (χ1v) is 9.00. The highest BCUT2D eigenvalue weighted by molar-refractivity contribution is 7.14. The quantitative estimate of drug-likeness (QED) is 0.436. The first-order valence-electron chi connectivity index (χ1n) is 8.18. The SMILES string of the molecule is CCc1ccc(C(=O)/C=C/c2ccccc2OCc2cccnc2)s1. The van der Waals surface area contributed by atoms with E-state index in [1.54, 1.807) is 29.8 Å². The lowest BCUT2D eigenvalue weighted by atomic mass is 10.1. The van der Waals surface area contributed by atoms with E-state index in [1.807, 2.05) is 54.6 Å². The van der Waals surface area contributed by atoms with Gasteiger partial charge in [0.2, 0.25) is 0 Å². The van der Waals surface area contributed by atoms with Crippen LogP contribution in [0.15, 0.2) is 67.0 Å². The number of nitrogens with zero attached hydrogens (tertiary/aromatic N) is 1. The highest BCUT2D eigenvalue weighted by Crippen LogP contribution is 2.22. The Labute approximate surface area is 151 Å². The number of ketones is 1. The first-order chi connectivity index (χ1) is 12.3. The number of carbonyl (C=O) groups excluding carboxylic acids is 1. The van der Waals surface area contributed by atoms with Gasteiger partial charge in [-0.2, -0.15) is 0 Å². The van der Waals surface area contributed by atoms with E-state index in [0.717, 1.165) is 28.2 Å². The fourth-order valence-corrected chi connectivity index (χ4v) is 3.21. The van der Waals surface area contributed by atoms with Crippen LogP contribution in [-0.2, 0) is 13.0 Å². The molecular weight excluding hydrogens is 330 g/mol. The molecule has 3 nitrogen and oxygen atoms in total. The number of allylic oxidation sites excluding steroid dienone is 1. The van der Waals surface area contributed by atoms with Gasteiger partial charge in [0.05, 0.1) is 4.88 Å². The van der Waals surface area contributed by atoms with Crippen molar-refractivity contribution in [2.24, 2.45) is 0 Å². The highest BCUT2D eigenvalue weighted by atomic mass is 32.1. The fourth-order valence-electron chi connectivity index (χ4n) is 2.34. The summed E-state index contributed by atoms with van der Waals surface area (Å²) >= 11 is 1.55. The molecule has 3 rings (SSSR count). The monoisotopic (exact) mass is 349 g/mol. The summed E-state index contributed by atoms with van der Waals surface area (Å²) < 4.78 is 5.88. The molecule has 0 spiro atoms. The zero-order chi connectivity index (χ0) is 17.5. The summed E-state index contributed by atoms with van der Waals surface area (Å²) in [5.74, 6) is 0.766. The second-order valence-electron chi connectivity index (χ2n) is 5.50. The number of aromatic nitrogens is 1. The summed E-state index contributed by atoms with van der Waals surface area (Å²) in [7, 11) is 0. The number of carbonyl (C=O) groups is 1. The molecule has 4 heteroatoms. The molecule has 0 aliphatic heterocycles. The van der Waals surface area contributed by atoms with Crippen LogP contribution >= 0.6 is 11.3 Å². The zero-order valence-corrected chi connectivity index (χ0v) is 14.8. The van der Waals surface area contributed by atoms with E-state index in [0.29, 0.717) is 6.61 Å². The number of pyridine rings is 1. The van der Waals surface area contributed by atoms with Crippen molar-refractivity contribution in [2.45, 2.75) is 20.0 Å². The van der Waals surface area contributed by atoms with Crippen LogP contribution < -0.4 is 4.74 Å². The van der Waals surface area contributed by atoms with Gasteiger partial charge >= 0.3 is 0 Å². The molecule has 3 aromatic rings. The van der Waals surface area contributed by atoms with Gasteiger partial charge in [-0.3, -0.25) is 9.78 Å². The molecular formula is C21H19NO2S. The van der Waals surface area contributed by atoms with Crippen molar-refractivity contribution in [3.63, 3.8) is 0 Å². The lowest BCUT2D eigenvalue weighted by Gasteiger charge is -2.08. The fraction of sp³-hybridized carbons (Fsp3) is 0.143. The Morgan fingerprint density at radius 1 is 1.16 bits per heavy atom. The van der Waals surface area contributed by atoms with Crippen LogP contribution in [0, 0.1) is 0 Å². The van der Waals surface area contributed by atoms with Crippen molar-refractivity contribution < 1.29 is 9.53 Å². The second-order valence-corrected chi connectivity index (χ2v) is 6.67. The van der Waals surface area contributed by atoms with Crippen LogP contribution in [0.4, 0.5) is 0 Å². The molecule has 0 bridgehead atoms. The Bertz CT molecular complexity index is 868. The van der Waals surface area contributed by atoms with E-state index in [4.69, 9.17) is 4.74 Å². The molecule has 0 saturated carbocycles. The number of benzene rings is 1. The predicted molar refractivity (Wildman–Crippen MR) is 102 cm³/mol. The standard InChI is InChI=1S/C21H19NO2S/c1-2-18-10-12-21(25-18)19(23)11-9-17-7-3-4-8-20(17)24-15-16-6-5-13-22-14-16/h3-14H,2,15H2,1H3/b11-9+. The zero-order valence-electron chi connectivity index (χ0n) is 14.0. The van der Waals surface area contributed by atoms with E-state index in [9.17, 15) is 4.79 Å². The third-order valence-corrected chi connectivity index (χ3v) is 4.95. The minimum absolute atomic E-state index is 0.0202. The van der Waals surface area contributed by atoms with Gasteiger partial charge in [0.1, 0.15) is 12.4 Å². The van der Waals surface area contributed by atoms with Crippen LogP contribution in [0.2, 0.25) is 0 Å². The van der Waals surface area contributed by atoms with Crippen molar-refractivity contribution in [1.82, 2.24) is 4.98 Å². The van der Waals surface area contributed by atoms with Gasteiger partial charge in [0, 0.05) is 28.4 Å². The molecule has 0 fully saturated rings. The average molecular weight is 349 g/mol. The van der Waals surface area contributed by atoms with Crippen molar-refractivity contribution in [1.29, 1.82) is 0 Å². The van der Waals surface area contributed by atoms with Crippen LogP contribution in [-0.4, -0.2) is 10.8 Å². The maximum atomic E-state index is 12.3. The molecule has 0 aliphatic rings. The van der Waals surface area contributed by atoms with Gasteiger partial charge in [0.15, 0.2) is 5.78 Å². The minimum atomic E-state index is 0.0202. The maximum Gasteiger partial charge on any atom is 0.195 e. The third kappa shape index (κ3) is 4.64. The van der Waals surface area contributed by atoms with Gasteiger partial charge in [-0.25, -0.2) is 0 Å². The summed E-state index contributed by atoms with van der Waals surface area (Å²) in [6.45, 7) is 2.53. The minimum Gasteiger partial charge on any atom is -0.488 e. The van der Waals surface area contributed by atoms with E-state index in [2.05, 4.69) is 11.9 Å². The van der Waals surface area contributed by atoms with Gasteiger partial charge in [0.25, 0.3) is 0 Å². The van der Waals surface area contributed by atoms with Gasteiger partial charge in [-0.1, -0.05) is 31.2 Å². The normalized spacial score (nSPS) is 10.9. The van der Waals surface area contributed by atoms with E-state index < -0.39 is 0 Å². The smallest absolute Gasteiger partial charge is 0.195 e. The Morgan fingerprint density at radius 2 is 2.04 bits per heavy atom. The topological polar surface area (TPSA) is 39.2 Å². The second kappa shape index (κ2) is 8.40. The van der Waals surface area contributed by atoms with E-state index >= 15 is 0 Å². The summed E-state index contributed by atoms with van der Waals surface area (Å²) in [5.41, 5.74) is 1.88. The number of para-hydroxylation sites is 1. The molecule has 2 heterocycles. The molecule has 25 heavy (non-hydrogen) atoms. The van der Waals surface area contributed by atoms with Crippen molar-refractivity contribution in [3.05, 3.63) is 87.9 Å². The van der Waals surface area contributed by atoms with E-state index in [1.165, 1.54) is 4.88 Å². The van der Waals surface area contributed by atoms with Crippen molar-refractivity contribution in [2.75, 3.05) is 0 Å². The van der Waals surface area contributed by atoms with Crippen LogP contribution in [0.3, 0.4) is 0 Å².